The predicted molar refractivity (Wildman–Crippen MR) is 103 cm³/mol. The molecule has 0 bridgehead atoms. The van der Waals surface area contributed by atoms with Gasteiger partial charge in [-0.15, -0.1) is 11.3 Å². The van der Waals surface area contributed by atoms with E-state index in [-0.39, 0.29) is 55.7 Å². The quantitative estimate of drug-likeness (QED) is 0.630. The largest absolute Gasteiger partial charge is 1.00 e. The molecule has 0 spiro atoms. The Bertz CT molecular complexity index is 1570. The fourth-order valence-electron chi connectivity index (χ4n) is 2.21. The molecule has 1 saturated heterocycles. The fraction of sp³-hybridized carbons (Fsp3) is 0.579. The molecule has 0 saturated carbocycles. The van der Waals surface area contributed by atoms with Crippen LogP contribution in [0, 0.1) is 0 Å². The van der Waals surface area contributed by atoms with Gasteiger partial charge >= 0.3 is 29.6 Å². The minimum atomic E-state index is -3.86. The summed E-state index contributed by atoms with van der Waals surface area (Å²) in [5.41, 5.74) is -3.50. The van der Waals surface area contributed by atoms with Crippen molar-refractivity contribution >= 4 is 27.5 Å². The average Bonchev–Trinajstić information content (AvgIpc) is 3.17. The molecule has 0 unspecified atom stereocenters. The van der Waals surface area contributed by atoms with E-state index in [4.69, 9.17) is 27.5 Å². The number of hydrogen-bond donors (Lipinski definition) is 1. The maximum absolute atomic E-state index is 13.6. The summed E-state index contributed by atoms with van der Waals surface area (Å²) in [6.45, 7) is -16.5. The first-order valence-corrected chi connectivity index (χ1v) is 8.06. The van der Waals surface area contributed by atoms with Gasteiger partial charge in [0.15, 0.2) is 1.41 Å². The first kappa shape index (κ1) is 7.43. The molecule has 142 valence electrons. The molecule has 1 N–H and O–H groups in total. The monoisotopic (exact) mass is 419 g/mol. The molecule has 1 amide bonds. The van der Waals surface area contributed by atoms with E-state index in [0.29, 0.717) is 0 Å². The third-order valence-corrected chi connectivity index (χ3v) is 4.14. The second kappa shape index (κ2) is 10.1. The number of likely N-dealkylation sites (tertiary alicyclic amines) is 1. The van der Waals surface area contributed by atoms with Crippen molar-refractivity contribution in [2.75, 3.05) is 26.1 Å². The first-order chi connectivity index (χ1) is 20.3. The number of rotatable bonds is 6. The maximum atomic E-state index is 13.6. The summed E-state index contributed by atoms with van der Waals surface area (Å²) in [6, 6.07) is -4.79. The van der Waals surface area contributed by atoms with Crippen LogP contribution in [0.3, 0.4) is 0 Å². The summed E-state index contributed by atoms with van der Waals surface area (Å²) < 4.78 is 159. The van der Waals surface area contributed by atoms with Crippen molar-refractivity contribution in [3.05, 3.63) is 27.3 Å². The number of piperidine rings is 1. The summed E-state index contributed by atoms with van der Waals surface area (Å²) in [5, 5.41) is 11.5. The Kier molecular flexibility index (Phi) is 2.77. The van der Waals surface area contributed by atoms with Crippen LogP contribution in [0.4, 0.5) is 0 Å². The molecule has 0 aromatic carbocycles. The van der Waals surface area contributed by atoms with Crippen LogP contribution in [-0.4, -0.2) is 41.5 Å². The van der Waals surface area contributed by atoms with Crippen LogP contribution in [0.1, 0.15) is 81.7 Å². The van der Waals surface area contributed by atoms with Gasteiger partial charge in [-0.2, -0.15) is 0 Å². The summed E-state index contributed by atoms with van der Waals surface area (Å²) in [4.78, 5) is 26.0. The number of aromatic nitrogens is 1. The van der Waals surface area contributed by atoms with Gasteiger partial charge in [-0.1, -0.05) is 12.1 Å². The van der Waals surface area contributed by atoms with Gasteiger partial charge in [-0.3, -0.25) is 14.2 Å². The van der Waals surface area contributed by atoms with Crippen LogP contribution in [0.2, 0.25) is 1.41 Å². The molecule has 2 aromatic rings. The Morgan fingerprint density at radius 1 is 1.52 bits per heavy atom. The molecule has 3 heterocycles. The Morgan fingerprint density at radius 3 is 2.96 bits per heavy atom. The van der Waals surface area contributed by atoms with Gasteiger partial charge in [0.2, 0.25) is 0 Å². The zero-order valence-electron chi connectivity index (χ0n) is 34.1. The maximum Gasteiger partial charge on any atom is 1.00 e. The van der Waals surface area contributed by atoms with Crippen LogP contribution in [-0.2, 0) is 0 Å². The zero-order chi connectivity index (χ0) is 36.2. The number of thiophene rings is 1. The Labute approximate surface area is 214 Å². The number of carbonyl (C=O) groups excluding carboxylic acids is 1. The van der Waals surface area contributed by atoms with Gasteiger partial charge in [0.1, 0.15) is 4.83 Å². The van der Waals surface area contributed by atoms with E-state index in [2.05, 4.69) is 0 Å². The Balaban J connectivity index is 0.00000768. The van der Waals surface area contributed by atoms with E-state index < -0.39 is 116 Å². The molecule has 0 aliphatic carbocycles. The van der Waals surface area contributed by atoms with Gasteiger partial charge in [0.05, 0.1) is 9.68 Å². The molecule has 1 aliphatic rings. The third-order valence-electron chi connectivity index (χ3n) is 3.35. The summed E-state index contributed by atoms with van der Waals surface area (Å²) in [7, 11) is 0. The van der Waals surface area contributed by atoms with Crippen molar-refractivity contribution in [2.24, 2.45) is 0 Å². The van der Waals surface area contributed by atoms with Gasteiger partial charge < -0.3 is 15.3 Å². The minimum absolute atomic E-state index is 0. The number of nitrogens with one attached hydrogen (secondary N) is 1. The Morgan fingerprint density at radius 2 is 2.26 bits per heavy atom. The van der Waals surface area contributed by atoms with Crippen molar-refractivity contribution in [1.29, 1.82) is 0 Å². The molecule has 6 nitrogen and oxygen atoms in total. The molecule has 1 aliphatic heterocycles. The topological polar surface area (TPSA) is 77.4 Å². The zero-order valence-corrected chi connectivity index (χ0v) is 16.9. The number of carbonyl (C=O) groups is 1. The van der Waals surface area contributed by atoms with Crippen molar-refractivity contribution in [1.82, 2.24) is 14.8 Å². The molecule has 0 radical (unpaired) electrons. The average molecular weight is 420 g/mol. The van der Waals surface area contributed by atoms with Crippen LogP contribution in [0.25, 0.3) is 10.2 Å². The molecule has 8 heteroatoms. The van der Waals surface area contributed by atoms with Gasteiger partial charge in [-0.05, 0) is 63.8 Å². The Hall–Kier alpha value is -0.860. The number of amides is 1. The predicted octanol–water partition coefficient (Wildman–Crippen LogP) is -0.673. The SMILES string of the molecule is [2H]c1sc2c(c1[2H])c([O-])c(C(=O)N([2H])CCCN1C([2H])([2H])C([2H])([2H])C([2H])([2H])C([2H])([2H])C1([2H])[2H])c(=O)n2C([2H])(C([2H])([2H])[2H])C([2H])([2H])[2H].[Na+]. The van der Waals surface area contributed by atoms with Crippen molar-refractivity contribution in [3.63, 3.8) is 0 Å². The number of nitrogens with zero attached hydrogens (tertiary/aromatic N) is 2. The number of fused-ring (bicyclic) bond motifs is 1. The van der Waals surface area contributed by atoms with E-state index in [9.17, 15) is 14.7 Å². The van der Waals surface area contributed by atoms with Crippen LogP contribution in [0.5, 0.6) is 5.75 Å². The number of hydrogen-bond acceptors (Lipinski definition) is 5. The smallest absolute Gasteiger partial charge is 0.871 e. The summed E-state index contributed by atoms with van der Waals surface area (Å²) >= 11 is 0.136. The molecule has 2 aromatic heterocycles. The van der Waals surface area contributed by atoms with E-state index >= 15 is 0 Å². The minimum Gasteiger partial charge on any atom is -0.871 e. The second-order valence-corrected chi connectivity index (χ2v) is 5.79. The normalized spacial score (nSPS) is 36.6. The van der Waals surface area contributed by atoms with Crippen molar-refractivity contribution in [2.45, 2.75) is 45.3 Å². The van der Waals surface area contributed by atoms with E-state index in [0.717, 1.165) is 0 Å². The molecular weight excluding hydrogens is 373 g/mol. The van der Waals surface area contributed by atoms with Crippen LogP contribution in [0.15, 0.2) is 16.2 Å². The van der Waals surface area contributed by atoms with Gasteiger partial charge in [0, 0.05) is 39.9 Å². The molecule has 27 heavy (non-hydrogen) atoms. The van der Waals surface area contributed by atoms with Crippen molar-refractivity contribution < 1.29 is 66.9 Å². The van der Waals surface area contributed by atoms with E-state index in [1.807, 2.05) is 0 Å². The molecule has 3 rings (SSSR count). The summed E-state index contributed by atoms with van der Waals surface area (Å²) in [5.74, 6) is -3.39. The first-order valence-electron chi connectivity index (χ1n) is 17.2. The third kappa shape index (κ3) is 4.95. The van der Waals surface area contributed by atoms with E-state index in [1.54, 1.807) is 0 Å². The number of pyridine rings is 1. The van der Waals surface area contributed by atoms with E-state index in [1.165, 1.54) is 0 Å². The molecule has 0 atom stereocenters. The second-order valence-electron chi connectivity index (χ2n) is 4.99. The molecule has 1 fully saturated rings. The molecular formula is C19H26N3NaO3S. The van der Waals surface area contributed by atoms with Crippen LogP contribution < -0.4 is 45.5 Å². The fourth-order valence-corrected chi connectivity index (χ4v) is 2.97. The standard InChI is InChI=1S/C19H27N3O3S.Na/c1-13(2)22-18(25)15(16(23)14-7-12-26-19(14)22)17(24)20-8-6-11-21-9-4-3-5-10-21;/h7,12-13,23H,3-6,8-11H2,1-2H3,(H,20,24);/q;+1/p-1/i1D3,2D3,3D2,4D2,5D2,7D,9D2,10D2,12D,13D;/hD. The van der Waals surface area contributed by atoms with Crippen molar-refractivity contribution in [3.8, 4) is 5.75 Å². The van der Waals surface area contributed by atoms with Crippen LogP contribution >= 0.6 is 11.3 Å². The van der Waals surface area contributed by atoms with Gasteiger partial charge in [0.25, 0.3) is 11.5 Å². The summed E-state index contributed by atoms with van der Waals surface area (Å²) in [6.07, 6.45) is -11.6. The van der Waals surface area contributed by atoms with Gasteiger partial charge in [-0.25, -0.2) is 0 Å².